The monoisotopic (exact) mass is 325 g/mol. The molecular weight excluding hydrogens is 302 g/mol. The number of nitrogens with one attached hydrogen (secondary N) is 2. The van der Waals surface area contributed by atoms with Crippen molar-refractivity contribution < 1.29 is 13.2 Å². The van der Waals surface area contributed by atoms with E-state index >= 15 is 0 Å². The van der Waals surface area contributed by atoms with Crippen molar-refractivity contribution in [2.75, 3.05) is 11.6 Å². The second-order valence-electron chi connectivity index (χ2n) is 5.90. The molecule has 22 heavy (non-hydrogen) atoms. The zero-order valence-electron chi connectivity index (χ0n) is 12.7. The second kappa shape index (κ2) is 7.21. The number of benzene rings is 1. The van der Waals surface area contributed by atoms with Crippen LogP contribution in [0.15, 0.2) is 24.3 Å². The first-order chi connectivity index (χ1) is 10.3. The van der Waals surface area contributed by atoms with E-state index in [-0.39, 0.29) is 24.4 Å². The molecule has 1 aliphatic carbocycles. The molecule has 2 unspecified atom stereocenters. The summed E-state index contributed by atoms with van der Waals surface area (Å²) in [7, 11) is -3.20. The summed E-state index contributed by atoms with van der Waals surface area (Å²) >= 11 is 0. The highest BCUT2D eigenvalue weighted by atomic mass is 32.2. The Morgan fingerprint density at radius 3 is 2.55 bits per heavy atom. The predicted molar refractivity (Wildman–Crippen MR) is 86.7 cm³/mol. The van der Waals surface area contributed by atoms with Crippen molar-refractivity contribution in [1.82, 2.24) is 4.72 Å². The number of nitrogens with two attached hydrogens (primary N) is 1. The maximum absolute atomic E-state index is 12.2. The molecule has 1 fully saturated rings. The van der Waals surface area contributed by atoms with Gasteiger partial charge in [-0.3, -0.25) is 4.79 Å². The van der Waals surface area contributed by atoms with Crippen molar-refractivity contribution in [3.8, 4) is 0 Å². The average Bonchev–Trinajstić information content (AvgIpc) is 2.46. The van der Waals surface area contributed by atoms with Crippen LogP contribution in [0.4, 0.5) is 5.69 Å². The first kappa shape index (κ1) is 16.9. The molecule has 6 nitrogen and oxygen atoms in total. The van der Waals surface area contributed by atoms with E-state index in [0.29, 0.717) is 5.69 Å². The van der Waals surface area contributed by atoms with E-state index < -0.39 is 10.0 Å². The van der Waals surface area contributed by atoms with Gasteiger partial charge in [-0.25, -0.2) is 13.1 Å². The molecule has 1 aromatic carbocycles. The molecule has 122 valence electrons. The number of rotatable bonds is 5. The predicted octanol–water partition coefficient (Wildman–Crippen LogP) is 1.19. The maximum Gasteiger partial charge on any atom is 0.227 e. The van der Waals surface area contributed by atoms with E-state index in [4.69, 9.17) is 5.73 Å². The topological polar surface area (TPSA) is 101 Å². The Morgan fingerprint density at radius 1 is 1.27 bits per heavy atom. The van der Waals surface area contributed by atoms with Crippen molar-refractivity contribution in [2.24, 2.45) is 11.7 Å². The highest BCUT2D eigenvalue weighted by molar-refractivity contribution is 7.88. The third-order valence-corrected chi connectivity index (χ3v) is 4.51. The molecular formula is C15H23N3O3S. The minimum atomic E-state index is -3.20. The number of sulfonamides is 1. The molecule has 7 heteroatoms. The van der Waals surface area contributed by atoms with Gasteiger partial charge in [-0.05, 0) is 37.0 Å². The Balaban J connectivity index is 1.89. The SMILES string of the molecule is CS(=O)(=O)NCc1ccc(NC(=O)C2CCCC(N)C2)cc1. The molecule has 0 heterocycles. The lowest BCUT2D eigenvalue weighted by Gasteiger charge is -2.25. The third kappa shape index (κ3) is 5.40. The van der Waals surface area contributed by atoms with Gasteiger partial charge in [0.2, 0.25) is 15.9 Å². The number of amides is 1. The molecule has 2 atom stereocenters. The van der Waals surface area contributed by atoms with E-state index in [1.54, 1.807) is 24.3 Å². The highest BCUT2D eigenvalue weighted by Gasteiger charge is 2.25. The van der Waals surface area contributed by atoms with Gasteiger partial charge in [0.1, 0.15) is 0 Å². The summed E-state index contributed by atoms with van der Waals surface area (Å²) in [6, 6.07) is 7.26. The minimum absolute atomic E-state index is 0.0113. The zero-order chi connectivity index (χ0) is 16.2. The summed E-state index contributed by atoms with van der Waals surface area (Å²) in [4.78, 5) is 12.2. The van der Waals surface area contributed by atoms with Crippen molar-refractivity contribution in [1.29, 1.82) is 0 Å². The lowest BCUT2D eigenvalue weighted by molar-refractivity contribution is -0.120. The number of anilines is 1. The van der Waals surface area contributed by atoms with Crippen LogP contribution in [-0.2, 0) is 21.4 Å². The van der Waals surface area contributed by atoms with E-state index in [1.165, 1.54) is 0 Å². The minimum Gasteiger partial charge on any atom is -0.328 e. The average molecular weight is 325 g/mol. The molecule has 0 saturated heterocycles. The fourth-order valence-electron chi connectivity index (χ4n) is 2.63. The van der Waals surface area contributed by atoms with Crippen LogP contribution in [0.25, 0.3) is 0 Å². The number of carbonyl (C=O) groups is 1. The van der Waals surface area contributed by atoms with Crippen LogP contribution in [0, 0.1) is 5.92 Å². The summed E-state index contributed by atoms with van der Waals surface area (Å²) < 4.78 is 24.5. The van der Waals surface area contributed by atoms with Crippen LogP contribution in [0.3, 0.4) is 0 Å². The van der Waals surface area contributed by atoms with Gasteiger partial charge in [0.05, 0.1) is 6.26 Å². The Bertz CT molecular complexity index is 613. The number of carbonyl (C=O) groups excluding carboxylic acids is 1. The molecule has 1 amide bonds. The van der Waals surface area contributed by atoms with Crippen LogP contribution < -0.4 is 15.8 Å². The maximum atomic E-state index is 12.2. The summed E-state index contributed by atoms with van der Waals surface area (Å²) in [5.74, 6) is -0.00696. The van der Waals surface area contributed by atoms with Crippen LogP contribution in [-0.4, -0.2) is 26.6 Å². The lowest BCUT2D eigenvalue weighted by Crippen LogP contribution is -2.34. The van der Waals surface area contributed by atoms with E-state index in [2.05, 4.69) is 10.0 Å². The van der Waals surface area contributed by atoms with Crippen LogP contribution in [0.5, 0.6) is 0 Å². The van der Waals surface area contributed by atoms with Gasteiger partial charge in [0.15, 0.2) is 0 Å². The van der Waals surface area contributed by atoms with Crippen LogP contribution in [0.1, 0.15) is 31.2 Å². The van der Waals surface area contributed by atoms with E-state index in [0.717, 1.165) is 37.5 Å². The number of hydrogen-bond donors (Lipinski definition) is 3. The summed E-state index contributed by atoms with van der Waals surface area (Å²) in [5, 5.41) is 2.90. The molecule has 0 spiro atoms. The molecule has 4 N–H and O–H groups in total. The molecule has 1 aliphatic rings. The van der Waals surface area contributed by atoms with E-state index in [9.17, 15) is 13.2 Å². The van der Waals surface area contributed by atoms with Gasteiger partial charge < -0.3 is 11.1 Å². The molecule has 1 aromatic rings. The van der Waals surface area contributed by atoms with Gasteiger partial charge >= 0.3 is 0 Å². The number of hydrogen-bond acceptors (Lipinski definition) is 4. The standard InChI is InChI=1S/C15H23N3O3S/c1-22(20,21)17-10-11-5-7-14(8-6-11)18-15(19)12-3-2-4-13(16)9-12/h5-8,12-13,17H,2-4,9-10,16H2,1H3,(H,18,19). The van der Waals surface area contributed by atoms with Crippen molar-refractivity contribution in [2.45, 2.75) is 38.3 Å². The summed E-state index contributed by atoms with van der Waals surface area (Å²) in [6.07, 6.45) is 4.73. The van der Waals surface area contributed by atoms with Crippen molar-refractivity contribution in [3.05, 3.63) is 29.8 Å². The first-order valence-electron chi connectivity index (χ1n) is 7.43. The molecule has 0 aromatic heterocycles. The zero-order valence-corrected chi connectivity index (χ0v) is 13.5. The molecule has 0 radical (unpaired) electrons. The lowest BCUT2D eigenvalue weighted by atomic mass is 9.85. The fraction of sp³-hybridized carbons (Fsp3) is 0.533. The summed E-state index contributed by atoms with van der Waals surface area (Å²) in [5.41, 5.74) is 7.46. The first-order valence-corrected chi connectivity index (χ1v) is 9.32. The Morgan fingerprint density at radius 2 is 1.95 bits per heavy atom. The summed E-state index contributed by atoms with van der Waals surface area (Å²) in [6.45, 7) is 0.241. The Labute approximate surface area is 131 Å². The van der Waals surface area contributed by atoms with Crippen LogP contribution >= 0.6 is 0 Å². The molecule has 1 saturated carbocycles. The molecule has 0 aliphatic heterocycles. The van der Waals surface area contributed by atoms with Gasteiger partial charge in [-0.15, -0.1) is 0 Å². The van der Waals surface area contributed by atoms with Gasteiger partial charge in [0, 0.05) is 24.2 Å². The fourth-order valence-corrected chi connectivity index (χ4v) is 3.06. The Kier molecular flexibility index (Phi) is 5.55. The van der Waals surface area contributed by atoms with Gasteiger partial charge in [0.25, 0.3) is 0 Å². The quantitative estimate of drug-likeness (QED) is 0.757. The largest absolute Gasteiger partial charge is 0.328 e. The van der Waals surface area contributed by atoms with Crippen LogP contribution in [0.2, 0.25) is 0 Å². The van der Waals surface area contributed by atoms with Gasteiger partial charge in [-0.2, -0.15) is 0 Å². The molecule has 2 rings (SSSR count). The normalized spacial score (nSPS) is 22.3. The third-order valence-electron chi connectivity index (χ3n) is 3.85. The van der Waals surface area contributed by atoms with Gasteiger partial charge in [-0.1, -0.05) is 18.6 Å². The van der Waals surface area contributed by atoms with Crippen molar-refractivity contribution >= 4 is 21.6 Å². The highest BCUT2D eigenvalue weighted by Crippen LogP contribution is 2.24. The van der Waals surface area contributed by atoms with E-state index in [1.807, 2.05) is 0 Å². The molecule has 0 bridgehead atoms. The smallest absolute Gasteiger partial charge is 0.227 e. The second-order valence-corrected chi connectivity index (χ2v) is 7.74. The Hall–Kier alpha value is -1.44. The van der Waals surface area contributed by atoms with Crippen molar-refractivity contribution in [3.63, 3.8) is 0 Å².